The molecule has 2 aliphatic rings. The maximum absolute atomic E-state index is 6.78. The Bertz CT molecular complexity index is 508. The Morgan fingerprint density at radius 1 is 1.20 bits per heavy atom. The Kier molecular flexibility index (Phi) is 3.18. The third-order valence-electron chi connectivity index (χ3n) is 5.05. The second kappa shape index (κ2) is 4.54. The van der Waals surface area contributed by atoms with Gasteiger partial charge in [-0.25, -0.2) is 0 Å². The van der Waals surface area contributed by atoms with Gasteiger partial charge in [-0.15, -0.1) is 0 Å². The van der Waals surface area contributed by atoms with Crippen LogP contribution in [0, 0.1) is 18.8 Å². The van der Waals surface area contributed by atoms with Crippen LogP contribution in [0.5, 0.6) is 0 Å². The van der Waals surface area contributed by atoms with Crippen molar-refractivity contribution in [3.8, 4) is 0 Å². The minimum Gasteiger partial charge on any atom is -0.378 e. The van der Waals surface area contributed by atoms with Gasteiger partial charge in [-0.05, 0) is 30.4 Å². The smallest absolute Gasteiger partial charge is 0.137 e. The summed E-state index contributed by atoms with van der Waals surface area (Å²) >= 11 is 0. The maximum atomic E-state index is 6.78. The number of fused-ring (bicyclic) bond motifs is 2. The summed E-state index contributed by atoms with van der Waals surface area (Å²) in [6, 6.07) is 2.11. The normalized spacial score (nSPS) is 27.8. The molecule has 1 aromatic heterocycles. The van der Waals surface area contributed by atoms with E-state index in [2.05, 4.69) is 40.7 Å². The molecule has 3 rings (SSSR count). The van der Waals surface area contributed by atoms with Gasteiger partial charge < -0.3 is 9.47 Å². The van der Waals surface area contributed by atoms with Crippen LogP contribution in [0.4, 0.5) is 0 Å². The Hall–Kier alpha value is -0.930. The van der Waals surface area contributed by atoms with Crippen LogP contribution in [0.15, 0.2) is 12.3 Å². The molecular formula is C17H25NO2. The van der Waals surface area contributed by atoms with Gasteiger partial charge in [0.2, 0.25) is 0 Å². The molecule has 0 bridgehead atoms. The van der Waals surface area contributed by atoms with Crippen molar-refractivity contribution in [3.05, 3.63) is 29.1 Å². The van der Waals surface area contributed by atoms with Crippen LogP contribution in [-0.2, 0) is 20.7 Å². The lowest BCUT2D eigenvalue weighted by molar-refractivity contribution is -0.187. The van der Waals surface area contributed by atoms with E-state index in [9.17, 15) is 0 Å². The third kappa shape index (κ3) is 1.63. The summed E-state index contributed by atoms with van der Waals surface area (Å²) < 4.78 is 12.5. The molecular weight excluding hydrogens is 250 g/mol. The standard InChI is InChI=1S/C17H25NO2/c1-11(2)17(12(3)4)14-13(5)6-8-18-15(14)16(20-17)7-9-19-10-16/h6,8,11-12H,7,9-10H2,1-5H3. The average molecular weight is 275 g/mol. The third-order valence-corrected chi connectivity index (χ3v) is 5.05. The van der Waals surface area contributed by atoms with E-state index < -0.39 is 0 Å². The molecule has 1 atom stereocenters. The lowest BCUT2D eigenvalue weighted by atomic mass is 9.74. The first kappa shape index (κ1) is 14.0. The van der Waals surface area contributed by atoms with E-state index >= 15 is 0 Å². The van der Waals surface area contributed by atoms with Crippen molar-refractivity contribution in [3.63, 3.8) is 0 Å². The van der Waals surface area contributed by atoms with E-state index in [4.69, 9.17) is 14.5 Å². The van der Waals surface area contributed by atoms with Gasteiger partial charge in [0.05, 0.1) is 12.3 Å². The van der Waals surface area contributed by atoms with Gasteiger partial charge in [0.25, 0.3) is 0 Å². The number of hydrogen-bond donors (Lipinski definition) is 0. The highest BCUT2D eigenvalue weighted by atomic mass is 16.6. The maximum Gasteiger partial charge on any atom is 0.137 e. The summed E-state index contributed by atoms with van der Waals surface area (Å²) in [5.41, 5.74) is 3.16. The molecule has 20 heavy (non-hydrogen) atoms. The van der Waals surface area contributed by atoms with Gasteiger partial charge in [-0.3, -0.25) is 4.98 Å². The summed E-state index contributed by atoms with van der Waals surface area (Å²) in [7, 11) is 0. The van der Waals surface area contributed by atoms with Gasteiger partial charge in [0.15, 0.2) is 0 Å². The summed E-state index contributed by atoms with van der Waals surface area (Å²) in [6.07, 6.45) is 2.83. The molecule has 0 aliphatic carbocycles. The number of aryl methyl sites for hydroxylation is 1. The van der Waals surface area contributed by atoms with Gasteiger partial charge >= 0.3 is 0 Å². The van der Waals surface area contributed by atoms with Crippen LogP contribution in [0.2, 0.25) is 0 Å². The number of ether oxygens (including phenoxy) is 2. The molecule has 0 N–H and O–H groups in total. The second-order valence-electron chi connectivity index (χ2n) is 6.85. The van der Waals surface area contributed by atoms with Crippen molar-refractivity contribution in [2.45, 2.75) is 52.2 Å². The molecule has 1 spiro atoms. The largest absolute Gasteiger partial charge is 0.378 e. The first-order chi connectivity index (χ1) is 9.44. The first-order valence-corrected chi connectivity index (χ1v) is 7.68. The Labute approximate surface area is 121 Å². The van der Waals surface area contributed by atoms with Gasteiger partial charge in [-0.2, -0.15) is 0 Å². The molecule has 1 aromatic rings. The quantitative estimate of drug-likeness (QED) is 0.827. The van der Waals surface area contributed by atoms with Gasteiger partial charge in [0.1, 0.15) is 11.2 Å². The van der Waals surface area contributed by atoms with Crippen molar-refractivity contribution < 1.29 is 9.47 Å². The van der Waals surface area contributed by atoms with E-state index in [0.29, 0.717) is 18.4 Å². The predicted octanol–water partition coefficient (Wildman–Crippen LogP) is 3.54. The highest BCUT2D eigenvalue weighted by Crippen LogP contribution is 2.57. The van der Waals surface area contributed by atoms with Crippen LogP contribution < -0.4 is 0 Å². The molecule has 110 valence electrons. The Morgan fingerprint density at radius 3 is 2.45 bits per heavy atom. The molecule has 0 radical (unpaired) electrons. The molecule has 3 nitrogen and oxygen atoms in total. The Balaban J connectivity index is 2.27. The van der Waals surface area contributed by atoms with Crippen LogP contribution >= 0.6 is 0 Å². The molecule has 0 aromatic carbocycles. The molecule has 0 saturated carbocycles. The summed E-state index contributed by atoms with van der Waals surface area (Å²) in [6.45, 7) is 12.6. The van der Waals surface area contributed by atoms with Gasteiger partial charge in [-0.1, -0.05) is 27.7 Å². The monoisotopic (exact) mass is 275 g/mol. The molecule has 1 unspecified atom stereocenters. The fourth-order valence-electron chi connectivity index (χ4n) is 4.11. The van der Waals surface area contributed by atoms with Crippen LogP contribution in [0.3, 0.4) is 0 Å². The fourth-order valence-corrected chi connectivity index (χ4v) is 4.11. The lowest BCUT2D eigenvalue weighted by Gasteiger charge is -2.40. The second-order valence-corrected chi connectivity index (χ2v) is 6.85. The Morgan fingerprint density at radius 2 is 1.90 bits per heavy atom. The molecule has 3 heteroatoms. The van der Waals surface area contributed by atoms with E-state index in [-0.39, 0.29) is 11.2 Å². The summed E-state index contributed by atoms with van der Waals surface area (Å²) in [4.78, 5) is 4.71. The predicted molar refractivity (Wildman–Crippen MR) is 78.5 cm³/mol. The minimum atomic E-state index is -0.324. The number of pyridine rings is 1. The van der Waals surface area contributed by atoms with Gasteiger partial charge in [0, 0.05) is 24.8 Å². The van der Waals surface area contributed by atoms with Crippen LogP contribution in [0.1, 0.15) is 50.9 Å². The number of rotatable bonds is 2. The van der Waals surface area contributed by atoms with Crippen LogP contribution in [-0.4, -0.2) is 18.2 Å². The van der Waals surface area contributed by atoms with E-state index in [0.717, 1.165) is 18.7 Å². The van der Waals surface area contributed by atoms with E-state index in [1.165, 1.54) is 11.1 Å². The average Bonchev–Trinajstić information content (AvgIpc) is 2.96. The zero-order valence-corrected chi connectivity index (χ0v) is 13.2. The molecule has 0 amide bonds. The number of aromatic nitrogens is 1. The first-order valence-electron chi connectivity index (χ1n) is 7.68. The number of hydrogen-bond acceptors (Lipinski definition) is 3. The lowest BCUT2D eigenvalue weighted by Crippen LogP contribution is -2.41. The van der Waals surface area contributed by atoms with Crippen molar-refractivity contribution in [2.24, 2.45) is 11.8 Å². The molecule has 1 fully saturated rings. The van der Waals surface area contributed by atoms with Crippen LogP contribution in [0.25, 0.3) is 0 Å². The minimum absolute atomic E-state index is 0.249. The SMILES string of the molecule is Cc1ccnc2c1C(C(C)C)(C(C)C)OC21CCOC1. The van der Waals surface area contributed by atoms with Crippen molar-refractivity contribution >= 4 is 0 Å². The summed E-state index contributed by atoms with van der Waals surface area (Å²) in [5.74, 6) is 0.813. The zero-order valence-electron chi connectivity index (χ0n) is 13.2. The molecule has 1 saturated heterocycles. The fraction of sp³-hybridized carbons (Fsp3) is 0.706. The topological polar surface area (TPSA) is 31.4 Å². The van der Waals surface area contributed by atoms with E-state index in [1.54, 1.807) is 0 Å². The highest BCUT2D eigenvalue weighted by Gasteiger charge is 2.59. The molecule has 3 heterocycles. The highest BCUT2D eigenvalue weighted by molar-refractivity contribution is 5.43. The van der Waals surface area contributed by atoms with Crippen molar-refractivity contribution in [1.29, 1.82) is 0 Å². The zero-order chi connectivity index (χ0) is 14.5. The van der Waals surface area contributed by atoms with Crippen molar-refractivity contribution in [2.75, 3.05) is 13.2 Å². The summed E-state index contributed by atoms with van der Waals surface area (Å²) in [5, 5.41) is 0. The van der Waals surface area contributed by atoms with E-state index in [1.807, 2.05) is 6.20 Å². The van der Waals surface area contributed by atoms with Crippen molar-refractivity contribution in [1.82, 2.24) is 4.98 Å². The number of nitrogens with zero attached hydrogens (tertiary/aromatic N) is 1. The molecule has 2 aliphatic heterocycles.